The zero-order chi connectivity index (χ0) is 13.1. The van der Waals surface area contributed by atoms with Gasteiger partial charge in [-0.3, -0.25) is 0 Å². The number of likely N-dealkylation sites (N-methyl/N-ethyl adjacent to an activating group) is 1. The number of nitrogens with zero attached hydrogens (tertiary/aromatic N) is 2. The molecule has 1 fully saturated rings. The Morgan fingerprint density at radius 2 is 2.00 bits per heavy atom. The smallest absolute Gasteiger partial charge is 0.337 e. The van der Waals surface area contributed by atoms with Crippen LogP contribution in [0.25, 0.3) is 0 Å². The van der Waals surface area contributed by atoms with Crippen LogP contribution in [0.3, 0.4) is 0 Å². The van der Waals surface area contributed by atoms with Crippen LogP contribution in [0.5, 0.6) is 0 Å². The third-order valence-electron chi connectivity index (χ3n) is 3.35. The van der Waals surface area contributed by atoms with Crippen LogP contribution in [0.4, 0.5) is 5.69 Å². The van der Waals surface area contributed by atoms with E-state index in [4.69, 9.17) is 0 Å². The van der Waals surface area contributed by atoms with Gasteiger partial charge in [-0.1, -0.05) is 22.9 Å². The number of carboxylic acid groups (broad SMARTS) is 1. The molecule has 0 amide bonds. The van der Waals surface area contributed by atoms with E-state index < -0.39 is 5.97 Å². The minimum atomic E-state index is -0.865. The number of piperazine rings is 1. The fourth-order valence-corrected chi connectivity index (χ4v) is 2.60. The Bertz CT molecular complexity index is 443. The lowest BCUT2D eigenvalue weighted by atomic mass is 10.1. The van der Waals surface area contributed by atoms with E-state index in [1.165, 1.54) is 0 Å². The third-order valence-corrected chi connectivity index (χ3v) is 3.84. The molecule has 4 nitrogen and oxygen atoms in total. The molecular weight excluding hydrogens is 296 g/mol. The van der Waals surface area contributed by atoms with E-state index >= 15 is 0 Å². The van der Waals surface area contributed by atoms with E-state index in [9.17, 15) is 9.90 Å². The number of hydrogen-bond acceptors (Lipinski definition) is 3. The average molecular weight is 313 g/mol. The van der Waals surface area contributed by atoms with Crippen LogP contribution >= 0.6 is 15.9 Å². The van der Waals surface area contributed by atoms with Crippen molar-refractivity contribution in [2.24, 2.45) is 0 Å². The first kappa shape index (κ1) is 13.4. The average Bonchev–Trinajstić information content (AvgIpc) is 2.38. The van der Waals surface area contributed by atoms with Gasteiger partial charge >= 0.3 is 5.97 Å². The molecule has 1 aliphatic rings. The van der Waals surface area contributed by atoms with Crippen LogP contribution in [0, 0.1) is 0 Å². The lowest BCUT2D eigenvalue weighted by Gasteiger charge is -2.36. The van der Waals surface area contributed by atoms with Crippen LogP contribution in [-0.2, 0) is 0 Å². The SMILES string of the molecule is CCN1CCN(c2cc(Br)ccc2C(=O)O)CC1. The Hall–Kier alpha value is -1.07. The summed E-state index contributed by atoms with van der Waals surface area (Å²) in [6, 6.07) is 5.33. The van der Waals surface area contributed by atoms with Crippen molar-refractivity contribution in [2.45, 2.75) is 6.92 Å². The number of rotatable bonds is 3. The number of hydrogen-bond donors (Lipinski definition) is 1. The van der Waals surface area contributed by atoms with E-state index in [2.05, 4.69) is 32.7 Å². The van der Waals surface area contributed by atoms with Gasteiger partial charge in [0.15, 0.2) is 0 Å². The fourth-order valence-electron chi connectivity index (χ4n) is 2.25. The summed E-state index contributed by atoms with van der Waals surface area (Å²) in [6.07, 6.45) is 0. The number of carboxylic acids is 1. The Kier molecular flexibility index (Phi) is 4.24. The van der Waals surface area contributed by atoms with Gasteiger partial charge in [0.05, 0.1) is 11.3 Å². The molecule has 2 rings (SSSR count). The second kappa shape index (κ2) is 5.71. The minimum absolute atomic E-state index is 0.378. The van der Waals surface area contributed by atoms with E-state index in [1.54, 1.807) is 12.1 Å². The van der Waals surface area contributed by atoms with Gasteiger partial charge in [-0.25, -0.2) is 4.79 Å². The number of aromatic carboxylic acids is 1. The molecule has 98 valence electrons. The summed E-state index contributed by atoms with van der Waals surface area (Å²) in [6.45, 7) is 6.94. The highest BCUT2D eigenvalue weighted by atomic mass is 79.9. The third kappa shape index (κ3) is 2.84. The Balaban J connectivity index is 2.22. The monoisotopic (exact) mass is 312 g/mol. The van der Waals surface area contributed by atoms with Gasteiger partial charge in [-0.2, -0.15) is 0 Å². The molecule has 1 aromatic rings. The molecule has 0 aromatic heterocycles. The first-order valence-corrected chi connectivity index (χ1v) is 6.91. The normalized spacial score (nSPS) is 16.9. The number of benzene rings is 1. The van der Waals surface area contributed by atoms with Gasteiger partial charge < -0.3 is 14.9 Å². The van der Waals surface area contributed by atoms with E-state index in [0.29, 0.717) is 5.56 Å². The summed E-state index contributed by atoms with van der Waals surface area (Å²) >= 11 is 3.41. The molecule has 0 radical (unpaired) electrons. The first-order valence-electron chi connectivity index (χ1n) is 6.12. The van der Waals surface area contributed by atoms with Crippen LogP contribution in [0.2, 0.25) is 0 Å². The summed E-state index contributed by atoms with van der Waals surface area (Å²) in [5, 5.41) is 9.23. The van der Waals surface area contributed by atoms with Crippen molar-refractivity contribution in [3.63, 3.8) is 0 Å². The van der Waals surface area contributed by atoms with Crippen molar-refractivity contribution in [3.05, 3.63) is 28.2 Å². The number of anilines is 1. The summed E-state index contributed by atoms with van der Waals surface area (Å²) in [5.74, 6) is -0.865. The lowest BCUT2D eigenvalue weighted by Crippen LogP contribution is -2.46. The molecule has 0 saturated carbocycles. The van der Waals surface area contributed by atoms with E-state index in [-0.39, 0.29) is 0 Å². The minimum Gasteiger partial charge on any atom is -0.478 e. The Labute approximate surface area is 115 Å². The van der Waals surface area contributed by atoms with E-state index in [0.717, 1.165) is 42.9 Å². The standard InChI is InChI=1S/C13H17BrN2O2/c1-2-15-5-7-16(8-6-15)12-9-10(14)3-4-11(12)13(17)18/h3-4,9H,2,5-8H2,1H3,(H,17,18). The predicted molar refractivity (Wildman–Crippen MR) is 75.4 cm³/mol. The van der Waals surface area contributed by atoms with Crippen molar-refractivity contribution in [1.82, 2.24) is 4.90 Å². The maximum Gasteiger partial charge on any atom is 0.337 e. The molecular formula is C13H17BrN2O2. The van der Waals surface area contributed by atoms with E-state index in [1.807, 2.05) is 6.07 Å². The Morgan fingerprint density at radius 1 is 1.33 bits per heavy atom. The first-order chi connectivity index (χ1) is 8.61. The maximum absolute atomic E-state index is 11.2. The highest BCUT2D eigenvalue weighted by Gasteiger charge is 2.20. The van der Waals surface area contributed by atoms with Crippen LogP contribution < -0.4 is 4.90 Å². The molecule has 1 aromatic carbocycles. The fraction of sp³-hybridized carbons (Fsp3) is 0.462. The van der Waals surface area contributed by atoms with Crippen molar-refractivity contribution in [2.75, 3.05) is 37.6 Å². The van der Waals surface area contributed by atoms with Crippen LogP contribution in [0.15, 0.2) is 22.7 Å². The summed E-state index contributed by atoms with van der Waals surface area (Å²) in [4.78, 5) is 15.8. The molecule has 0 atom stereocenters. The predicted octanol–water partition coefficient (Wildman–Crippen LogP) is 2.29. The largest absolute Gasteiger partial charge is 0.478 e. The van der Waals surface area contributed by atoms with Crippen LogP contribution in [-0.4, -0.2) is 48.7 Å². The van der Waals surface area contributed by atoms with Crippen molar-refractivity contribution < 1.29 is 9.90 Å². The summed E-state index contributed by atoms with van der Waals surface area (Å²) < 4.78 is 0.917. The molecule has 0 bridgehead atoms. The summed E-state index contributed by atoms with van der Waals surface area (Å²) in [5.41, 5.74) is 1.19. The highest BCUT2D eigenvalue weighted by Crippen LogP contribution is 2.26. The second-order valence-electron chi connectivity index (χ2n) is 4.39. The van der Waals surface area contributed by atoms with Gasteiger partial charge in [0, 0.05) is 30.7 Å². The number of carbonyl (C=O) groups is 1. The van der Waals surface area contributed by atoms with Crippen molar-refractivity contribution in [1.29, 1.82) is 0 Å². The molecule has 1 heterocycles. The highest BCUT2D eigenvalue weighted by molar-refractivity contribution is 9.10. The molecule has 0 spiro atoms. The zero-order valence-corrected chi connectivity index (χ0v) is 12.0. The van der Waals surface area contributed by atoms with Gasteiger partial charge in [0.25, 0.3) is 0 Å². The van der Waals surface area contributed by atoms with Crippen molar-refractivity contribution >= 4 is 27.6 Å². The van der Waals surface area contributed by atoms with Gasteiger partial charge in [0.1, 0.15) is 0 Å². The molecule has 18 heavy (non-hydrogen) atoms. The van der Waals surface area contributed by atoms with Gasteiger partial charge in [0.2, 0.25) is 0 Å². The lowest BCUT2D eigenvalue weighted by molar-refractivity contribution is 0.0697. The number of halogens is 1. The summed E-state index contributed by atoms with van der Waals surface area (Å²) in [7, 11) is 0. The van der Waals surface area contributed by atoms with Gasteiger partial charge in [-0.15, -0.1) is 0 Å². The Morgan fingerprint density at radius 3 is 2.56 bits per heavy atom. The topological polar surface area (TPSA) is 43.8 Å². The van der Waals surface area contributed by atoms with Crippen LogP contribution in [0.1, 0.15) is 17.3 Å². The molecule has 0 aliphatic carbocycles. The molecule has 1 saturated heterocycles. The molecule has 5 heteroatoms. The molecule has 1 N–H and O–H groups in total. The molecule has 0 unspecified atom stereocenters. The van der Waals surface area contributed by atoms with Gasteiger partial charge in [-0.05, 0) is 24.7 Å². The second-order valence-corrected chi connectivity index (χ2v) is 5.30. The zero-order valence-electron chi connectivity index (χ0n) is 10.4. The van der Waals surface area contributed by atoms with Crippen molar-refractivity contribution in [3.8, 4) is 0 Å². The maximum atomic E-state index is 11.2. The quantitative estimate of drug-likeness (QED) is 0.930. The molecule has 1 aliphatic heterocycles.